The van der Waals surface area contributed by atoms with Crippen LogP contribution in [0.1, 0.15) is 5.56 Å². The number of para-hydroxylation sites is 1. The summed E-state index contributed by atoms with van der Waals surface area (Å²) in [4.78, 5) is 35.2. The van der Waals surface area contributed by atoms with Gasteiger partial charge in [0.1, 0.15) is 12.3 Å². The summed E-state index contributed by atoms with van der Waals surface area (Å²) in [5, 5.41) is 18.0. The smallest absolute Gasteiger partial charge is 0.269 e. The van der Waals surface area contributed by atoms with Crippen molar-refractivity contribution < 1.29 is 27.7 Å². The topological polar surface area (TPSA) is 160 Å². The number of amides is 2. The average molecular weight is 622 g/mol. The SMILES string of the molecule is O=C(CN(c1ccc([N+](=O)[O-])cc1)S(=O)(=O)c1ccccc1)N/N=C/c1ccc(OCC(=O)Nc2ccccc2Cl)cc1. The fraction of sp³-hybridized carbons (Fsp3) is 0.0690. The number of nitrogens with zero attached hydrogens (tertiary/aromatic N) is 3. The van der Waals surface area contributed by atoms with Crippen LogP contribution in [0, 0.1) is 10.1 Å². The van der Waals surface area contributed by atoms with Gasteiger partial charge in [-0.3, -0.25) is 24.0 Å². The van der Waals surface area contributed by atoms with Gasteiger partial charge < -0.3 is 10.1 Å². The minimum absolute atomic E-state index is 0.0599. The molecule has 220 valence electrons. The Labute approximate surface area is 251 Å². The fourth-order valence-corrected chi connectivity index (χ4v) is 5.29. The molecule has 0 aliphatic carbocycles. The van der Waals surface area contributed by atoms with Crippen LogP contribution < -0.4 is 19.8 Å². The number of halogens is 1. The number of anilines is 2. The van der Waals surface area contributed by atoms with Gasteiger partial charge in [-0.05, 0) is 66.2 Å². The van der Waals surface area contributed by atoms with Gasteiger partial charge in [0.2, 0.25) is 0 Å². The maximum absolute atomic E-state index is 13.3. The first kappa shape index (κ1) is 30.7. The Morgan fingerprint density at radius 3 is 2.21 bits per heavy atom. The lowest BCUT2D eigenvalue weighted by molar-refractivity contribution is -0.384. The Morgan fingerprint density at radius 2 is 1.56 bits per heavy atom. The third-order valence-corrected chi connectivity index (χ3v) is 7.89. The van der Waals surface area contributed by atoms with Crippen molar-refractivity contribution in [2.75, 3.05) is 22.8 Å². The van der Waals surface area contributed by atoms with Crippen molar-refractivity contribution in [2.24, 2.45) is 5.10 Å². The molecule has 0 radical (unpaired) electrons. The highest BCUT2D eigenvalue weighted by Crippen LogP contribution is 2.26. The predicted molar refractivity (Wildman–Crippen MR) is 162 cm³/mol. The molecule has 4 rings (SSSR count). The minimum Gasteiger partial charge on any atom is -0.484 e. The van der Waals surface area contributed by atoms with E-state index in [2.05, 4.69) is 15.8 Å². The molecule has 4 aromatic rings. The van der Waals surface area contributed by atoms with Crippen LogP contribution in [0.4, 0.5) is 17.1 Å². The molecule has 0 aromatic heterocycles. The predicted octanol–water partition coefficient (Wildman–Crippen LogP) is 4.61. The fourth-order valence-electron chi connectivity index (χ4n) is 3.67. The molecule has 12 nitrogen and oxygen atoms in total. The molecule has 0 atom stereocenters. The molecule has 0 aliphatic heterocycles. The number of hydrazone groups is 1. The lowest BCUT2D eigenvalue weighted by atomic mass is 10.2. The van der Waals surface area contributed by atoms with Crippen molar-refractivity contribution in [1.82, 2.24) is 5.43 Å². The lowest BCUT2D eigenvalue weighted by Gasteiger charge is -2.23. The maximum atomic E-state index is 13.3. The van der Waals surface area contributed by atoms with Crippen LogP contribution in [0.5, 0.6) is 5.75 Å². The normalized spacial score (nSPS) is 11.1. The van der Waals surface area contributed by atoms with Crippen molar-refractivity contribution in [3.05, 3.63) is 124 Å². The van der Waals surface area contributed by atoms with Crippen molar-refractivity contribution >= 4 is 56.7 Å². The zero-order valence-corrected chi connectivity index (χ0v) is 23.9. The van der Waals surface area contributed by atoms with Crippen LogP contribution >= 0.6 is 11.6 Å². The van der Waals surface area contributed by atoms with Crippen molar-refractivity contribution in [1.29, 1.82) is 0 Å². The van der Waals surface area contributed by atoms with Crippen LogP contribution in [-0.4, -0.2) is 44.5 Å². The Balaban J connectivity index is 1.36. The molecule has 43 heavy (non-hydrogen) atoms. The number of hydrogen-bond donors (Lipinski definition) is 2. The van der Waals surface area contributed by atoms with Crippen molar-refractivity contribution in [2.45, 2.75) is 4.90 Å². The Bertz CT molecular complexity index is 1730. The maximum Gasteiger partial charge on any atom is 0.269 e. The van der Waals surface area contributed by atoms with E-state index in [1.165, 1.54) is 42.6 Å². The summed E-state index contributed by atoms with van der Waals surface area (Å²) >= 11 is 6.03. The van der Waals surface area contributed by atoms with Crippen LogP contribution in [0.3, 0.4) is 0 Å². The zero-order valence-electron chi connectivity index (χ0n) is 22.3. The Hall–Kier alpha value is -5.27. The first-order valence-electron chi connectivity index (χ1n) is 12.5. The van der Waals surface area contributed by atoms with Gasteiger partial charge in [0, 0.05) is 12.1 Å². The summed E-state index contributed by atoms with van der Waals surface area (Å²) < 4.78 is 33.0. The molecule has 2 amide bonds. The van der Waals surface area contributed by atoms with Gasteiger partial charge in [0.15, 0.2) is 6.61 Å². The van der Waals surface area contributed by atoms with Gasteiger partial charge in [-0.2, -0.15) is 5.10 Å². The number of ether oxygens (including phenoxy) is 1. The number of carbonyl (C=O) groups excluding carboxylic acids is 2. The number of nitro benzene ring substituents is 1. The van der Waals surface area contributed by atoms with E-state index < -0.39 is 33.3 Å². The number of nitrogens with one attached hydrogen (secondary N) is 2. The first-order chi connectivity index (χ1) is 20.6. The van der Waals surface area contributed by atoms with Crippen molar-refractivity contribution in [3.8, 4) is 5.75 Å². The van der Waals surface area contributed by atoms with Gasteiger partial charge >= 0.3 is 0 Å². The number of nitro groups is 1. The van der Waals surface area contributed by atoms with Gasteiger partial charge in [-0.15, -0.1) is 0 Å². The molecule has 2 N–H and O–H groups in total. The molecule has 0 spiro atoms. The van der Waals surface area contributed by atoms with E-state index in [-0.39, 0.29) is 22.9 Å². The molecule has 0 saturated heterocycles. The van der Waals surface area contributed by atoms with E-state index in [9.17, 15) is 28.1 Å². The highest BCUT2D eigenvalue weighted by Gasteiger charge is 2.27. The van der Waals surface area contributed by atoms with E-state index in [1.54, 1.807) is 54.6 Å². The summed E-state index contributed by atoms with van der Waals surface area (Å²) in [5.41, 5.74) is 3.17. The number of benzene rings is 4. The number of hydrogen-bond acceptors (Lipinski definition) is 8. The largest absolute Gasteiger partial charge is 0.484 e. The van der Waals surface area contributed by atoms with E-state index >= 15 is 0 Å². The van der Waals surface area contributed by atoms with Crippen LogP contribution in [0.15, 0.2) is 113 Å². The van der Waals surface area contributed by atoms with Gasteiger partial charge in [0.25, 0.3) is 27.5 Å². The van der Waals surface area contributed by atoms with E-state index in [1.807, 2.05) is 0 Å². The molecule has 0 bridgehead atoms. The van der Waals surface area contributed by atoms with Crippen molar-refractivity contribution in [3.63, 3.8) is 0 Å². The molecule has 0 aliphatic rings. The summed E-state index contributed by atoms with van der Waals surface area (Å²) in [6, 6.07) is 25.6. The molecule has 0 unspecified atom stereocenters. The Kier molecular flexibility index (Phi) is 10.0. The highest BCUT2D eigenvalue weighted by atomic mass is 35.5. The Morgan fingerprint density at radius 1 is 0.907 bits per heavy atom. The standard InChI is InChI=1S/C29H24ClN5O7S/c30-26-8-4-5-9-27(26)32-29(37)20-42-24-16-10-21(11-17-24)18-31-33-28(36)19-34(22-12-14-23(15-13-22)35(38)39)43(40,41)25-6-2-1-3-7-25/h1-18H,19-20H2,(H,32,37)(H,33,36)/b31-18+. The second-order valence-electron chi connectivity index (χ2n) is 8.78. The third-order valence-electron chi connectivity index (χ3n) is 5.77. The quantitative estimate of drug-likeness (QED) is 0.133. The second kappa shape index (κ2) is 14.1. The third kappa shape index (κ3) is 8.38. The number of carbonyl (C=O) groups is 2. The van der Waals surface area contributed by atoms with E-state index in [0.717, 1.165) is 16.4 Å². The summed E-state index contributed by atoms with van der Waals surface area (Å²) in [6.45, 7) is -0.888. The number of non-ortho nitro benzene ring substituents is 1. The number of sulfonamides is 1. The summed E-state index contributed by atoms with van der Waals surface area (Å²) in [6.07, 6.45) is 1.34. The first-order valence-corrected chi connectivity index (χ1v) is 14.4. The summed E-state index contributed by atoms with van der Waals surface area (Å²) in [7, 11) is -4.19. The van der Waals surface area contributed by atoms with Gasteiger partial charge in [-0.25, -0.2) is 13.8 Å². The lowest BCUT2D eigenvalue weighted by Crippen LogP contribution is -2.39. The molecule has 0 heterocycles. The van der Waals surface area contributed by atoms with Crippen LogP contribution in [0.25, 0.3) is 0 Å². The molecule has 14 heteroatoms. The molecule has 4 aromatic carbocycles. The van der Waals surface area contributed by atoms with E-state index in [0.29, 0.717) is 22.0 Å². The highest BCUT2D eigenvalue weighted by molar-refractivity contribution is 7.92. The summed E-state index contributed by atoms with van der Waals surface area (Å²) in [5.74, 6) is -0.725. The van der Waals surface area contributed by atoms with Gasteiger partial charge in [0.05, 0.1) is 32.4 Å². The van der Waals surface area contributed by atoms with Gasteiger partial charge in [-0.1, -0.05) is 41.9 Å². The monoisotopic (exact) mass is 621 g/mol. The van der Waals surface area contributed by atoms with E-state index in [4.69, 9.17) is 16.3 Å². The van der Waals surface area contributed by atoms with Crippen LogP contribution in [-0.2, 0) is 19.6 Å². The average Bonchev–Trinajstić information content (AvgIpc) is 3.01. The molecule has 0 saturated carbocycles. The molecular weight excluding hydrogens is 598 g/mol. The molecule has 0 fully saturated rings. The second-order valence-corrected chi connectivity index (χ2v) is 11.0. The minimum atomic E-state index is -4.19. The zero-order chi connectivity index (χ0) is 30.8. The molecular formula is C29H24ClN5O7S. The number of rotatable bonds is 12. The van der Waals surface area contributed by atoms with Crippen LogP contribution in [0.2, 0.25) is 5.02 Å².